The maximum absolute atomic E-state index is 5.95. The summed E-state index contributed by atoms with van der Waals surface area (Å²) in [5.74, 6) is 0.819. The number of aryl methyl sites for hydroxylation is 1. The quantitative estimate of drug-likeness (QED) is 0.785. The zero-order valence-electron chi connectivity index (χ0n) is 8.25. The van der Waals surface area contributed by atoms with Crippen molar-refractivity contribution in [1.82, 2.24) is 0 Å². The van der Waals surface area contributed by atoms with Crippen molar-refractivity contribution in [2.24, 2.45) is 5.73 Å². The molecule has 0 saturated heterocycles. The smallest absolute Gasteiger partial charge is 0.126 e. The first-order valence-electron chi connectivity index (χ1n) is 4.32. The van der Waals surface area contributed by atoms with Crippen molar-refractivity contribution in [2.45, 2.75) is 12.2 Å². The summed E-state index contributed by atoms with van der Waals surface area (Å²) in [6, 6.07) is 3.71. The van der Waals surface area contributed by atoms with E-state index in [1.54, 1.807) is 7.11 Å². The molecule has 1 unspecified atom stereocenters. The molecule has 4 heteroatoms. The topological polar surface area (TPSA) is 35.2 Å². The van der Waals surface area contributed by atoms with Crippen LogP contribution in [0.2, 0.25) is 5.02 Å². The monoisotopic (exact) mass is 231 g/mol. The molecule has 0 aliphatic heterocycles. The van der Waals surface area contributed by atoms with Crippen molar-refractivity contribution in [1.29, 1.82) is 0 Å². The number of thiol groups is 1. The summed E-state index contributed by atoms with van der Waals surface area (Å²) < 4.78 is 5.29. The molecule has 0 amide bonds. The number of methoxy groups -OCH3 is 1. The molecule has 78 valence electrons. The lowest BCUT2D eigenvalue weighted by atomic mass is 10.1. The highest BCUT2D eigenvalue weighted by molar-refractivity contribution is 7.80. The molecule has 1 aromatic rings. The fraction of sp³-hybridized carbons (Fsp3) is 0.400. The van der Waals surface area contributed by atoms with Gasteiger partial charge in [-0.1, -0.05) is 11.6 Å². The molecular formula is C10H14ClNOS. The molecule has 0 bridgehead atoms. The van der Waals surface area contributed by atoms with E-state index in [1.807, 2.05) is 19.1 Å². The molecule has 1 atom stereocenters. The number of ether oxygens (including phenoxy) is 1. The van der Waals surface area contributed by atoms with Crippen LogP contribution >= 0.6 is 24.2 Å². The second-order valence-corrected chi connectivity index (χ2v) is 4.16. The molecule has 0 heterocycles. The number of benzene rings is 1. The summed E-state index contributed by atoms with van der Waals surface area (Å²) in [6.45, 7) is 2.41. The van der Waals surface area contributed by atoms with Gasteiger partial charge in [-0.05, 0) is 24.6 Å². The minimum absolute atomic E-state index is 0.0395. The van der Waals surface area contributed by atoms with Gasteiger partial charge in [0, 0.05) is 22.4 Å². The van der Waals surface area contributed by atoms with E-state index in [9.17, 15) is 0 Å². The normalized spacial score (nSPS) is 12.6. The van der Waals surface area contributed by atoms with Crippen LogP contribution in [0, 0.1) is 6.92 Å². The van der Waals surface area contributed by atoms with Crippen molar-refractivity contribution in [3.05, 3.63) is 28.3 Å². The third-order valence-electron chi connectivity index (χ3n) is 2.05. The molecule has 0 radical (unpaired) electrons. The lowest BCUT2D eigenvalue weighted by molar-refractivity contribution is 0.406. The van der Waals surface area contributed by atoms with Gasteiger partial charge in [-0.2, -0.15) is 12.6 Å². The van der Waals surface area contributed by atoms with Crippen LogP contribution in [0.5, 0.6) is 5.75 Å². The minimum Gasteiger partial charge on any atom is -0.496 e. The summed E-state index contributed by atoms with van der Waals surface area (Å²) in [6.07, 6.45) is 0. The summed E-state index contributed by atoms with van der Waals surface area (Å²) in [5.41, 5.74) is 7.50. The van der Waals surface area contributed by atoms with Crippen molar-refractivity contribution < 1.29 is 4.74 Å². The first-order valence-corrected chi connectivity index (χ1v) is 5.21. The fourth-order valence-electron chi connectivity index (χ4n) is 1.41. The van der Waals surface area contributed by atoms with Crippen LogP contribution in [0.25, 0.3) is 0 Å². The van der Waals surface area contributed by atoms with Crippen molar-refractivity contribution in [3.63, 3.8) is 0 Å². The molecule has 2 nitrogen and oxygen atoms in total. The van der Waals surface area contributed by atoms with Gasteiger partial charge in [0.2, 0.25) is 0 Å². The second-order valence-electron chi connectivity index (χ2n) is 3.10. The first-order chi connectivity index (χ1) is 6.60. The molecule has 0 fully saturated rings. The maximum atomic E-state index is 5.95. The van der Waals surface area contributed by atoms with Gasteiger partial charge in [0.05, 0.1) is 7.11 Å². The van der Waals surface area contributed by atoms with Crippen LogP contribution in [0.1, 0.15) is 16.4 Å². The Balaban J connectivity index is 3.24. The second kappa shape index (κ2) is 4.91. The van der Waals surface area contributed by atoms with Gasteiger partial charge in [0.1, 0.15) is 5.75 Å². The van der Waals surface area contributed by atoms with Crippen LogP contribution in [-0.2, 0) is 0 Å². The first kappa shape index (κ1) is 11.7. The van der Waals surface area contributed by atoms with Gasteiger partial charge in [-0.15, -0.1) is 0 Å². The van der Waals surface area contributed by atoms with E-state index in [1.165, 1.54) is 0 Å². The largest absolute Gasteiger partial charge is 0.496 e. The average molecular weight is 232 g/mol. The maximum Gasteiger partial charge on any atom is 0.126 e. The Bertz CT molecular complexity index is 330. The Hall–Kier alpha value is -0.380. The van der Waals surface area contributed by atoms with E-state index < -0.39 is 0 Å². The SMILES string of the molecule is COc1c(C)cc(Cl)cc1C(S)CN. The molecule has 0 aromatic heterocycles. The molecule has 0 spiro atoms. The van der Waals surface area contributed by atoms with Gasteiger partial charge < -0.3 is 10.5 Å². The zero-order valence-corrected chi connectivity index (χ0v) is 9.90. The van der Waals surface area contributed by atoms with Crippen LogP contribution in [0.4, 0.5) is 0 Å². The van der Waals surface area contributed by atoms with Crippen molar-refractivity contribution in [3.8, 4) is 5.75 Å². The summed E-state index contributed by atoms with van der Waals surface area (Å²) in [5, 5.41) is 0.646. The Morgan fingerprint density at radius 1 is 1.57 bits per heavy atom. The predicted molar refractivity (Wildman–Crippen MR) is 63.5 cm³/mol. The predicted octanol–water partition coefficient (Wildman–Crippen LogP) is 2.59. The van der Waals surface area contributed by atoms with Gasteiger partial charge in [-0.25, -0.2) is 0 Å². The van der Waals surface area contributed by atoms with E-state index in [0.717, 1.165) is 16.9 Å². The van der Waals surface area contributed by atoms with E-state index in [-0.39, 0.29) is 5.25 Å². The van der Waals surface area contributed by atoms with Crippen LogP contribution in [0.15, 0.2) is 12.1 Å². The van der Waals surface area contributed by atoms with Gasteiger partial charge in [0.15, 0.2) is 0 Å². The highest BCUT2D eigenvalue weighted by atomic mass is 35.5. The Labute approximate surface area is 94.8 Å². The summed E-state index contributed by atoms with van der Waals surface area (Å²) in [7, 11) is 1.64. The molecule has 1 aromatic carbocycles. The molecule has 0 saturated carbocycles. The fourth-order valence-corrected chi connectivity index (χ4v) is 1.88. The van der Waals surface area contributed by atoms with Gasteiger partial charge in [0.25, 0.3) is 0 Å². The summed E-state index contributed by atoms with van der Waals surface area (Å²) >= 11 is 10.3. The summed E-state index contributed by atoms with van der Waals surface area (Å²) in [4.78, 5) is 0. The highest BCUT2D eigenvalue weighted by Gasteiger charge is 2.13. The molecule has 0 aliphatic rings. The van der Waals surface area contributed by atoms with E-state index in [4.69, 9.17) is 22.1 Å². The molecular weight excluding hydrogens is 218 g/mol. The number of nitrogens with two attached hydrogens (primary N) is 1. The van der Waals surface area contributed by atoms with Crippen LogP contribution < -0.4 is 10.5 Å². The zero-order chi connectivity index (χ0) is 10.7. The molecule has 14 heavy (non-hydrogen) atoms. The minimum atomic E-state index is -0.0395. The number of rotatable bonds is 3. The lowest BCUT2D eigenvalue weighted by Gasteiger charge is -2.15. The van der Waals surface area contributed by atoms with Crippen molar-refractivity contribution >= 4 is 24.2 Å². The Morgan fingerprint density at radius 2 is 2.21 bits per heavy atom. The van der Waals surface area contributed by atoms with Crippen LogP contribution in [0.3, 0.4) is 0 Å². The lowest BCUT2D eigenvalue weighted by Crippen LogP contribution is -2.08. The van der Waals surface area contributed by atoms with Gasteiger partial charge >= 0.3 is 0 Å². The van der Waals surface area contributed by atoms with Crippen LogP contribution in [-0.4, -0.2) is 13.7 Å². The Kier molecular flexibility index (Phi) is 4.11. The number of halogens is 1. The molecule has 1 rings (SSSR count). The third kappa shape index (κ3) is 2.35. The van der Waals surface area contributed by atoms with E-state index in [0.29, 0.717) is 11.6 Å². The van der Waals surface area contributed by atoms with E-state index >= 15 is 0 Å². The molecule has 2 N–H and O–H groups in total. The standard InChI is InChI=1S/C10H14ClNOS/c1-6-3-7(11)4-8(9(14)5-12)10(6)13-2/h3-4,9,14H,5,12H2,1-2H3. The van der Waals surface area contributed by atoms with Crippen molar-refractivity contribution in [2.75, 3.05) is 13.7 Å². The van der Waals surface area contributed by atoms with E-state index in [2.05, 4.69) is 12.6 Å². The third-order valence-corrected chi connectivity index (χ3v) is 2.76. The van der Waals surface area contributed by atoms with Gasteiger partial charge in [-0.3, -0.25) is 0 Å². The highest BCUT2D eigenvalue weighted by Crippen LogP contribution is 2.34. The Morgan fingerprint density at radius 3 is 2.71 bits per heavy atom. The number of hydrogen-bond acceptors (Lipinski definition) is 3. The number of hydrogen-bond donors (Lipinski definition) is 2. The average Bonchev–Trinajstić information content (AvgIpc) is 2.15. The molecule has 0 aliphatic carbocycles.